The van der Waals surface area contributed by atoms with Crippen molar-refractivity contribution < 1.29 is 8.78 Å². The fourth-order valence-corrected chi connectivity index (χ4v) is 3.33. The summed E-state index contributed by atoms with van der Waals surface area (Å²) in [5.41, 5.74) is 0.835. The Bertz CT molecular complexity index is 459. The second kappa shape index (κ2) is 7.94. The van der Waals surface area contributed by atoms with Gasteiger partial charge in [0, 0.05) is 23.7 Å². The van der Waals surface area contributed by atoms with Gasteiger partial charge in [0.25, 0.3) is 5.76 Å². The van der Waals surface area contributed by atoms with Crippen LogP contribution >= 0.6 is 24.0 Å². The van der Waals surface area contributed by atoms with Crippen LogP contribution in [0.5, 0.6) is 0 Å². The van der Waals surface area contributed by atoms with E-state index in [0.29, 0.717) is 27.8 Å². The minimum Gasteiger partial charge on any atom is -0.349 e. The highest BCUT2D eigenvalue weighted by Gasteiger charge is 2.19. The predicted octanol–water partition coefficient (Wildman–Crippen LogP) is 4.96. The van der Waals surface area contributed by atoms with Gasteiger partial charge >= 0.3 is 0 Å². The van der Waals surface area contributed by atoms with E-state index < -0.39 is 5.76 Å². The van der Waals surface area contributed by atoms with E-state index in [9.17, 15) is 8.78 Å². The van der Waals surface area contributed by atoms with Crippen LogP contribution in [0.2, 0.25) is 0 Å². The van der Waals surface area contributed by atoms with E-state index >= 15 is 0 Å². The van der Waals surface area contributed by atoms with Crippen molar-refractivity contribution in [1.29, 1.82) is 0 Å². The van der Waals surface area contributed by atoms with Crippen LogP contribution in [0.3, 0.4) is 0 Å². The van der Waals surface area contributed by atoms with Crippen LogP contribution in [0.15, 0.2) is 29.2 Å². The number of halogens is 2. The Balaban J connectivity index is 1.89. The molecular weight excluding hydrogens is 310 g/mol. The first kappa shape index (κ1) is 16.5. The molecule has 0 unspecified atom stereocenters. The van der Waals surface area contributed by atoms with Gasteiger partial charge in [0.2, 0.25) is 0 Å². The van der Waals surface area contributed by atoms with Gasteiger partial charge in [-0.05, 0) is 49.3 Å². The summed E-state index contributed by atoms with van der Waals surface area (Å²) in [4.78, 5) is 2.68. The van der Waals surface area contributed by atoms with Crippen molar-refractivity contribution in [2.24, 2.45) is 0 Å². The van der Waals surface area contributed by atoms with E-state index in [1.165, 1.54) is 32.1 Å². The summed E-state index contributed by atoms with van der Waals surface area (Å²) in [6.07, 6.45) is 6.20. The van der Waals surface area contributed by atoms with Crippen LogP contribution in [-0.4, -0.2) is 28.9 Å². The summed E-state index contributed by atoms with van der Waals surface area (Å²) in [6.45, 7) is 0. The fraction of sp³-hybridized carbons (Fsp3) is 0.533. The Kier molecular flexibility index (Phi) is 6.23. The lowest BCUT2D eigenvalue weighted by Crippen LogP contribution is -2.40. The number of thiocarbonyl (C=S) groups is 1. The lowest BCUT2D eigenvalue weighted by Gasteiger charge is -2.33. The molecule has 1 fully saturated rings. The molecule has 1 saturated carbocycles. The highest BCUT2D eigenvalue weighted by Crippen LogP contribution is 2.26. The molecule has 1 aliphatic rings. The van der Waals surface area contributed by atoms with E-state index in [4.69, 9.17) is 12.2 Å². The molecule has 0 heterocycles. The van der Waals surface area contributed by atoms with E-state index in [1.807, 2.05) is 7.05 Å². The van der Waals surface area contributed by atoms with E-state index in [1.54, 1.807) is 24.3 Å². The zero-order valence-electron chi connectivity index (χ0n) is 12.0. The minimum absolute atomic E-state index is 0.507. The van der Waals surface area contributed by atoms with Gasteiger partial charge in [0.15, 0.2) is 5.11 Å². The minimum atomic E-state index is -2.39. The van der Waals surface area contributed by atoms with Gasteiger partial charge in [-0.25, -0.2) is 0 Å². The SMILES string of the molecule is CN(C(=S)Nc1ccc(SC(F)F)cc1)C1CCCCC1. The van der Waals surface area contributed by atoms with Crippen LogP contribution in [-0.2, 0) is 0 Å². The number of anilines is 1. The zero-order chi connectivity index (χ0) is 15.2. The molecule has 2 nitrogen and oxygen atoms in total. The summed E-state index contributed by atoms with van der Waals surface area (Å²) in [5.74, 6) is -2.39. The quantitative estimate of drug-likeness (QED) is 0.619. The summed E-state index contributed by atoms with van der Waals surface area (Å²) in [5, 5.41) is 3.87. The van der Waals surface area contributed by atoms with Crippen LogP contribution < -0.4 is 5.32 Å². The first-order valence-electron chi connectivity index (χ1n) is 7.15. The Morgan fingerprint density at radius 2 is 1.86 bits per heavy atom. The third kappa shape index (κ3) is 5.11. The highest BCUT2D eigenvalue weighted by molar-refractivity contribution is 7.99. The van der Waals surface area contributed by atoms with Crippen molar-refractivity contribution in [3.8, 4) is 0 Å². The summed E-state index contributed by atoms with van der Waals surface area (Å²) in [7, 11) is 2.02. The van der Waals surface area contributed by atoms with Gasteiger partial charge in [-0.2, -0.15) is 8.78 Å². The van der Waals surface area contributed by atoms with Crippen molar-refractivity contribution in [1.82, 2.24) is 4.90 Å². The standard InChI is InChI=1S/C15H20F2N2S2/c1-19(12-5-3-2-4-6-12)15(20)18-11-7-9-13(10-8-11)21-14(16)17/h7-10,12,14H,2-6H2,1H3,(H,18,20). The molecule has 21 heavy (non-hydrogen) atoms. The summed E-state index contributed by atoms with van der Waals surface area (Å²) >= 11 is 5.98. The second-order valence-electron chi connectivity index (χ2n) is 5.24. The number of nitrogens with zero attached hydrogens (tertiary/aromatic N) is 1. The molecule has 0 radical (unpaired) electrons. The van der Waals surface area contributed by atoms with Crippen molar-refractivity contribution >= 4 is 34.8 Å². The van der Waals surface area contributed by atoms with Crippen LogP contribution in [0.1, 0.15) is 32.1 Å². The molecule has 116 valence electrons. The maximum absolute atomic E-state index is 12.3. The van der Waals surface area contributed by atoms with Gasteiger partial charge in [0.1, 0.15) is 0 Å². The molecule has 0 bridgehead atoms. The van der Waals surface area contributed by atoms with E-state index in [-0.39, 0.29) is 0 Å². The monoisotopic (exact) mass is 330 g/mol. The van der Waals surface area contributed by atoms with Crippen LogP contribution in [0.25, 0.3) is 0 Å². The van der Waals surface area contributed by atoms with Crippen molar-refractivity contribution in [3.63, 3.8) is 0 Å². The largest absolute Gasteiger partial charge is 0.349 e. The normalized spacial score (nSPS) is 16.0. The first-order valence-corrected chi connectivity index (χ1v) is 8.44. The maximum Gasteiger partial charge on any atom is 0.288 e. The predicted molar refractivity (Wildman–Crippen MR) is 89.2 cm³/mol. The van der Waals surface area contributed by atoms with Crippen LogP contribution in [0, 0.1) is 0 Å². The molecule has 0 spiro atoms. The van der Waals surface area contributed by atoms with Gasteiger partial charge < -0.3 is 10.2 Å². The van der Waals surface area contributed by atoms with Crippen molar-refractivity contribution in [3.05, 3.63) is 24.3 Å². The number of hydrogen-bond acceptors (Lipinski definition) is 2. The molecule has 0 saturated heterocycles. The Morgan fingerprint density at radius 1 is 1.24 bits per heavy atom. The number of rotatable bonds is 4. The Hall–Kier alpha value is -0.880. The molecule has 0 amide bonds. The molecule has 0 aromatic heterocycles. The average Bonchev–Trinajstić information content (AvgIpc) is 2.49. The lowest BCUT2D eigenvalue weighted by atomic mass is 9.95. The van der Waals surface area contributed by atoms with E-state index in [0.717, 1.165) is 5.69 Å². The molecule has 6 heteroatoms. The number of thioether (sulfide) groups is 1. The van der Waals surface area contributed by atoms with Gasteiger partial charge in [0.05, 0.1) is 0 Å². The molecule has 2 rings (SSSR count). The smallest absolute Gasteiger partial charge is 0.288 e. The fourth-order valence-electron chi connectivity index (χ4n) is 2.57. The molecule has 1 aliphatic carbocycles. The zero-order valence-corrected chi connectivity index (χ0v) is 13.7. The molecule has 1 aromatic carbocycles. The number of benzene rings is 1. The maximum atomic E-state index is 12.3. The van der Waals surface area contributed by atoms with Crippen molar-refractivity contribution in [2.45, 2.75) is 48.8 Å². The molecule has 0 atom stereocenters. The Labute approximate surface area is 134 Å². The van der Waals surface area contributed by atoms with Gasteiger partial charge in [-0.1, -0.05) is 31.0 Å². The number of hydrogen-bond donors (Lipinski definition) is 1. The molecule has 0 aliphatic heterocycles. The second-order valence-corrected chi connectivity index (χ2v) is 6.69. The number of alkyl halides is 2. The number of nitrogens with one attached hydrogen (secondary N) is 1. The highest BCUT2D eigenvalue weighted by atomic mass is 32.2. The molecular formula is C15H20F2N2S2. The van der Waals surface area contributed by atoms with Crippen LogP contribution in [0.4, 0.5) is 14.5 Å². The van der Waals surface area contributed by atoms with Gasteiger partial charge in [-0.15, -0.1) is 0 Å². The van der Waals surface area contributed by atoms with Gasteiger partial charge in [-0.3, -0.25) is 0 Å². The third-order valence-corrected chi connectivity index (χ3v) is 4.89. The topological polar surface area (TPSA) is 15.3 Å². The third-order valence-electron chi connectivity index (χ3n) is 3.77. The summed E-state index contributed by atoms with van der Waals surface area (Å²) < 4.78 is 24.5. The van der Waals surface area contributed by atoms with Crippen molar-refractivity contribution in [2.75, 3.05) is 12.4 Å². The van der Waals surface area contributed by atoms with E-state index in [2.05, 4.69) is 10.2 Å². The summed E-state index contributed by atoms with van der Waals surface area (Å²) in [6, 6.07) is 7.44. The lowest BCUT2D eigenvalue weighted by molar-refractivity contribution is 0.252. The first-order chi connectivity index (χ1) is 10.1. The Morgan fingerprint density at radius 3 is 2.43 bits per heavy atom. The average molecular weight is 330 g/mol. The molecule has 1 N–H and O–H groups in total. The molecule has 1 aromatic rings.